The fraction of sp³-hybridized carbons (Fsp3) is 0.348. The van der Waals surface area contributed by atoms with Crippen molar-refractivity contribution in [1.82, 2.24) is 9.88 Å². The lowest BCUT2D eigenvalue weighted by atomic mass is 9.94. The van der Waals surface area contributed by atoms with Gasteiger partial charge >= 0.3 is 0 Å². The first-order valence-electron chi connectivity index (χ1n) is 10.1. The minimum atomic E-state index is 0.0580. The number of hydrogen-bond acceptors (Lipinski definition) is 5. The Balaban J connectivity index is 1.75. The van der Waals surface area contributed by atoms with E-state index in [4.69, 9.17) is 10.7 Å². The van der Waals surface area contributed by atoms with Crippen LogP contribution in [0.15, 0.2) is 52.4 Å². The summed E-state index contributed by atoms with van der Waals surface area (Å²) in [7, 11) is 0. The third-order valence-corrected chi connectivity index (χ3v) is 6.68. The first-order chi connectivity index (χ1) is 14.0. The van der Waals surface area contributed by atoms with Crippen LogP contribution in [-0.4, -0.2) is 27.0 Å². The predicted molar refractivity (Wildman–Crippen MR) is 121 cm³/mol. The Morgan fingerprint density at radius 3 is 2.55 bits per heavy atom. The van der Waals surface area contributed by atoms with Crippen molar-refractivity contribution in [2.45, 2.75) is 52.0 Å². The number of allylic oxidation sites excluding steroid dienone is 1. The highest BCUT2D eigenvalue weighted by atomic mass is 32.2. The number of nitrogens with two attached hydrogens (primary N) is 1. The number of amides is 1. The Kier molecular flexibility index (Phi) is 5.72. The Bertz CT molecular complexity index is 975. The largest absolute Gasteiger partial charge is 0.399 e. The van der Waals surface area contributed by atoms with Gasteiger partial charge in [-0.25, -0.2) is 9.98 Å². The van der Waals surface area contributed by atoms with E-state index in [1.54, 1.807) is 0 Å². The summed E-state index contributed by atoms with van der Waals surface area (Å²) in [5.74, 6) is 0.704. The normalized spacial score (nSPS) is 21.1. The number of carbonyl (C=O) groups excluding carboxylic acids is 1. The molecule has 150 valence electrons. The van der Waals surface area contributed by atoms with Crippen LogP contribution in [0.4, 0.5) is 11.5 Å². The van der Waals surface area contributed by atoms with Gasteiger partial charge in [0.15, 0.2) is 11.0 Å². The molecule has 2 fully saturated rings. The summed E-state index contributed by atoms with van der Waals surface area (Å²) >= 11 is 1.46. The number of amidine groups is 1. The maximum atomic E-state index is 13.5. The van der Waals surface area contributed by atoms with E-state index in [0.717, 1.165) is 52.6 Å². The zero-order valence-corrected chi connectivity index (χ0v) is 17.7. The lowest BCUT2D eigenvalue weighted by Gasteiger charge is -2.30. The average molecular weight is 407 g/mol. The number of benzene rings is 1. The molecular weight excluding hydrogens is 380 g/mol. The third kappa shape index (κ3) is 4.22. The zero-order valence-electron chi connectivity index (χ0n) is 16.9. The van der Waals surface area contributed by atoms with E-state index < -0.39 is 0 Å². The predicted octanol–water partition coefficient (Wildman–Crippen LogP) is 5.30. The molecule has 2 aliphatic rings. The quantitative estimate of drug-likeness (QED) is 0.555. The minimum Gasteiger partial charge on any atom is -0.399 e. The van der Waals surface area contributed by atoms with Crippen LogP contribution in [0.2, 0.25) is 0 Å². The number of aryl methyl sites for hydroxylation is 1. The number of carbonyl (C=O) groups is 1. The monoisotopic (exact) mass is 406 g/mol. The second-order valence-corrected chi connectivity index (χ2v) is 8.65. The van der Waals surface area contributed by atoms with Crippen LogP contribution >= 0.6 is 11.8 Å². The topological polar surface area (TPSA) is 71.6 Å². The number of thioether (sulfide) groups is 1. The summed E-state index contributed by atoms with van der Waals surface area (Å²) < 4.78 is 0. The molecule has 6 heteroatoms. The minimum absolute atomic E-state index is 0.0580. The number of anilines is 1. The van der Waals surface area contributed by atoms with Gasteiger partial charge in [0.05, 0.1) is 4.91 Å². The smallest absolute Gasteiger partial charge is 0.267 e. The lowest BCUT2D eigenvalue weighted by molar-refractivity contribution is -0.124. The highest BCUT2D eigenvalue weighted by Gasteiger charge is 2.39. The van der Waals surface area contributed by atoms with Crippen molar-refractivity contribution in [3.8, 4) is 0 Å². The summed E-state index contributed by atoms with van der Waals surface area (Å²) in [6, 6.07) is 13.7. The lowest BCUT2D eigenvalue weighted by Crippen LogP contribution is -2.40. The molecule has 0 spiro atoms. The van der Waals surface area contributed by atoms with E-state index in [2.05, 4.69) is 4.98 Å². The Morgan fingerprint density at radius 2 is 1.86 bits per heavy atom. The summed E-state index contributed by atoms with van der Waals surface area (Å²) in [6.07, 6.45) is 5.61. The molecule has 1 aliphatic carbocycles. The van der Waals surface area contributed by atoms with E-state index in [1.165, 1.54) is 18.2 Å². The van der Waals surface area contributed by atoms with Crippen LogP contribution in [0.5, 0.6) is 0 Å². The molecule has 1 saturated heterocycles. The molecule has 29 heavy (non-hydrogen) atoms. The van der Waals surface area contributed by atoms with E-state index in [9.17, 15) is 4.79 Å². The van der Waals surface area contributed by atoms with Gasteiger partial charge in [-0.3, -0.25) is 9.69 Å². The number of aromatic nitrogens is 1. The van der Waals surface area contributed by atoms with Crippen molar-refractivity contribution < 1.29 is 4.79 Å². The molecule has 1 saturated carbocycles. The first-order valence-corrected chi connectivity index (χ1v) is 10.9. The summed E-state index contributed by atoms with van der Waals surface area (Å²) in [6.45, 7) is 3.95. The van der Waals surface area contributed by atoms with Crippen molar-refractivity contribution in [3.63, 3.8) is 0 Å². The Labute approximate surface area is 176 Å². The SMILES string of the molecule is C/C(=C1/S/C(=N/c2cccc(C)n2)N(C2CCCCC2)C1=O)c1ccc(N)cc1. The van der Waals surface area contributed by atoms with Gasteiger partial charge in [-0.15, -0.1) is 0 Å². The van der Waals surface area contributed by atoms with Gasteiger partial charge in [0, 0.05) is 17.4 Å². The van der Waals surface area contributed by atoms with Crippen LogP contribution in [-0.2, 0) is 4.79 Å². The van der Waals surface area contributed by atoms with Crippen LogP contribution in [0.3, 0.4) is 0 Å². The first kappa shape index (κ1) is 19.7. The molecule has 1 amide bonds. The molecule has 1 aromatic heterocycles. The molecule has 1 aliphatic heterocycles. The van der Waals surface area contributed by atoms with Crippen molar-refractivity contribution >= 4 is 39.9 Å². The highest BCUT2D eigenvalue weighted by molar-refractivity contribution is 8.18. The molecule has 0 bridgehead atoms. The second-order valence-electron chi connectivity index (χ2n) is 7.68. The van der Waals surface area contributed by atoms with Crippen molar-refractivity contribution in [2.24, 2.45) is 4.99 Å². The zero-order chi connectivity index (χ0) is 20.4. The molecule has 1 aromatic carbocycles. The van der Waals surface area contributed by atoms with E-state index >= 15 is 0 Å². The molecule has 4 rings (SSSR count). The highest BCUT2D eigenvalue weighted by Crippen LogP contribution is 2.40. The number of nitrogen functional groups attached to an aromatic ring is 1. The third-order valence-electron chi connectivity index (χ3n) is 5.52. The van der Waals surface area contributed by atoms with Crippen LogP contribution < -0.4 is 5.73 Å². The van der Waals surface area contributed by atoms with E-state index in [-0.39, 0.29) is 11.9 Å². The molecule has 2 heterocycles. The number of rotatable bonds is 3. The van der Waals surface area contributed by atoms with Crippen molar-refractivity contribution in [1.29, 1.82) is 0 Å². The molecule has 0 radical (unpaired) electrons. The van der Waals surface area contributed by atoms with Crippen LogP contribution in [0.25, 0.3) is 5.57 Å². The Hall–Kier alpha value is -2.60. The summed E-state index contributed by atoms with van der Waals surface area (Å²) in [4.78, 5) is 25.4. The maximum absolute atomic E-state index is 13.5. The number of pyridine rings is 1. The average Bonchev–Trinajstić information content (AvgIpc) is 3.04. The fourth-order valence-corrected chi connectivity index (χ4v) is 5.02. The van der Waals surface area contributed by atoms with Crippen molar-refractivity contribution in [3.05, 3.63) is 58.6 Å². The molecular formula is C23H26N4OS. The van der Waals surface area contributed by atoms with Crippen LogP contribution in [0.1, 0.15) is 50.3 Å². The van der Waals surface area contributed by atoms with E-state index in [0.29, 0.717) is 11.5 Å². The molecule has 5 nitrogen and oxygen atoms in total. The summed E-state index contributed by atoms with van der Waals surface area (Å²) in [5.41, 5.74) is 9.43. The van der Waals surface area contributed by atoms with Crippen molar-refractivity contribution in [2.75, 3.05) is 5.73 Å². The van der Waals surface area contributed by atoms with Gasteiger partial charge in [-0.1, -0.05) is 37.5 Å². The van der Waals surface area contributed by atoms with Gasteiger partial charge in [-0.2, -0.15) is 0 Å². The van der Waals surface area contributed by atoms with Gasteiger partial charge in [0.1, 0.15) is 0 Å². The fourth-order valence-electron chi connectivity index (χ4n) is 3.91. The van der Waals surface area contributed by atoms with Gasteiger partial charge in [0.2, 0.25) is 0 Å². The molecule has 0 unspecified atom stereocenters. The Morgan fingerprint density at radius 1 is 1.14 bits per heavy atom. The standard InChI is InChI=1S/C23H26N4OS/c1-15-7-6-10-20(25-15)26-23-27(19-8-4-3-5-9-19)22(28)21(29-23)16(2)17-11-13-18(24)14-12-17/h6-7,10-14,19H,3-5,8-9,24H2,1-2H3/b21-16-,26-23+. The summed E-state index contributed by atoms with van der Waals surface area (Å²) in [5, 5.41) is 0.741. The number of nitrogens with zero attached hydrogens (tertiary/aromatic N) is 3. The van der Waals surface area contributed by atoms with Crippen LogP contribution in [0, 0.1) is 6.92 Å². The molecule has 2 aromatic rings. The van der Waals surface area contributed by atoms with Gasteiger partial charge in [-0.05, 0) is 73.9 Å². The number of hydrogen-bond donors (Lipinski definition) is 1. The molecule has 2 N–H and O–H groups in total. The van der Waals surface area contributed by atoms with E-state index in [1.807, 2.05) is 61.2 Å². The maximum Gasteiger partial charge on any atom is 0.267 e. The second kappa shape index (κ2) is 8.41. The molecule has 0 atom stereocenters. The van der Waals surface area contributed by atoms with Gasteiger partial charge < -0.3 is 5.73 Å². The number of aliphatic imine (C=N–C) groups is 1. The van der Waals surface area contributed by atoms with Gasteiger partial charge in [0.25, 0.3) is 5.91 Å².